The Hall–Kier alpha value is -2.18. The molecule has 1 aromatic heterocycles. The minimum Gasteiger partial charge on any atom is -0.435 e. The van der Waals surface area contributed by atoms with Crippen molar-refractivity contribution in [2.75, 3.05) is 32.8 Å². The molecule has 3 heterocycles. The van der Waals surface area contributed by atoms with Crippen LogP contribution in [0.4, 0.5) is 0 Å². The first-order chi connectivity index (χ1) is 13.9. The van der Waals surface area contributed by atoms with E-state index in [1.54, 1.807) is 6.20 Å². The number of piperidine rings is 1. The van der Waals surface area contributed by atoms with E-state index in [4.69, 9.17) is 9.15 Å². The van der Waals surface area contributed by atoms with Crippen LogP contribution in [0.2, 0.25) is 0 Å². The summed E-state index contributed by atoms with van der Waals surface area (Å²) in [4.78, 5) is 21.7. The van der Waals surface area contributed by atoms with Crippen molar-refractivity contribution < 1.29 is 13.9 Å². The molecule has 2 aromatic rings. The highest BCUT2D eigenvalue weighted by Crippen LogP contribution is 2.30. The molecule has 0 saturated carbocycles. The zero-order valence-electron chi connectivity index (χ0n) is 17.7. The largest absolute Gasteiger partial charge is 0.435 e. The normalized spacial score (nSPS) is 20.7. The lowest BCUT2D eigenvalue weighted by atomic mass is 9.96. The molecule has 0 spiro atoms. The van der Waals surface area contributed by atoms with Crippen LogP contribution in [0.15, 0.2) is 34.9 Å². The van der Waals surface area contributed by atoms with E-state index in [2.05, 4.69) is 41.1 Å². The maximum Gasteiger partial charge on any atom is 0.291 e. The topological polar surface area (TPSA) is 58.8 Å². The maximum absolute atomic E-state index is 12.9. The number of rotatable bonds is 4. The van der Waals surface area contributed by atoms with Gasteiger partial charge >= 0.3 is 0 Å². The molecule has 0 bridgehead atoms. The van der Waals surface area contributed by atoms with Crippen LogP contribution in [0, 0.1) is 6.92 Å². The second kappa shape index (κ2) is 8.28. The molecule has 0 aliphatic carbocycles. The molecule has 6 nitrogen and oxygen atoms in total. The lowest BCUT2D eigenvalue weighted by Gasteiger charge is -2.41. The second-order valence-electron chi connectivity index (χ2n) is 8.86. The fourth-order valence-electron chi connectivity index (χ4n) is 4.31. The predicted octanol–water partition coefficient (Wildman–Crippen LogP) is 3.61. The fourth-order valence-corrected chi connectivity index (χ4v) is 4.31. The number of aryl methyl sites for hydroxylation is 1. The van der Waals surface area contributed by atoms with Gasteiger partial charge in [-0.25, -0.2) is 4.98 Å². The number of aromatic nitrogens is 1. The first-order valence-electron chi connectivity index (χ1n) is 10.6. The highest BCUT2D eigenvalue weighted by molar-refractivity contribution is 5.91. The molecule has 2 saturated heterocycles. The van der Waals surface area contributed by atoms with Gasteiger partial charge in [-0.15, -0.1) is 0 Å². The van der Waals surface area contributed by atoms with Gasteiger partial charge in [0.2, 0.25) is 5.76 Å². The van der Waals surface area contributed by atoms with E-state index in [1.165, 1.54) is 11.1 Å². The third-order valence-corrected chi connectivity index (χ3v) is 6.22. The Labute approximate surface area is 172 Å². The number of morpholine rings is 1. The average molecular weight is 398 g/mol. The predicted molar refractivity (Wildman–Crippen MR) is 111 cm³/mol. The Balaban J connectivity index is 1.36. The standard InChI is InChI=1S/C23H31N3O3/c1-17-6-4-5-7-19(17)15-25-10-8-18(9-11-25)21-24-14-20(29-21)22(27)26-12-13-28-16-23(26,2)3/h4-7,14,18H,8-13,15-16H2,1-3H3. The summed E-state index contributed by atoms with van der Waals surface area (Å²) in [7, 11) is 0. The van der Waals surface area contributed by atoms with Crippen LogP contribution in [0.3, 0.4) is 0 Å². The molecule has 1 amide bonds. The van der Waals surface area contributed by atoms with Gasteiger partial charge in [-0.05, 0) is 57.8 Å². The van der Waals surface area contributed by atoms with Crippen LogP contribution >= 0.6 is 0 Å². The number of ether oxygens (including phenoxy) is 1. The van der Waals surface area contributed by atoms with Gasteiger partial charge in [-0.2, -0.15) is 0 Å². The Kier molecular flexibility index (Phi) is 5.74. The van der Waals surface area contributed by atoms with Gasteiger partial charge in [0.25, 0.3) is 5.91 Å². The highest BCUT2D eigenvalue weighted by atomic mass is 16.5. The van der Waals surface area contributed by atoms with Crippen LogP contribution in [0.5, 0.6) is 0 Å². The van der Waals surface area contributed by atoms with Crippen LogP contribution in [0.1, 0.15) is 60.2 Å². The molecule has 4 rings (SSSR count). The molecular weight excluding hydrogens is 366 g/mol. The summed E-state index contributed by atoms with van der Waals surface area (Å²) in [6.45, 7) is 10.9. The van der Waals surface area contributed by atoms with Crippen molar-refractivity contribution in [1.82, 2.24) is 14.8 Å². The summed E-state index contributed by atoms with van der Waals surface area (Å²) in [5, 5.41) is 0. The lowest BCUT2D eigenvalue weighted by molar-refractivity contribution is -0.0383. The highest BCUT2D eigenvalue weighted by Gasteiger charge is 2.36. The van der Waals surface area contributed by atoms with Crippen LogP contribution in [0.25, 0.3) is 0 Å². The summed E-state index contributed by atoms with van der Waals surface area (Å²) in [6, 6.07) is 8.57. The first-order valence-corrected chi connectivity index (χ1v) is 10.6. The van der Waals surface area contributed by atoms with E-state index in [0.29, 0.717) is 31.4 Å². The number of hydrogen-bond donors (Lipinski definition) is 0. The Morgan fingerprint density at radius 2 is 1.97 bits per heavy atom. The third-order valence-electron chi connectivity index (χ3n) is 6.22. The second-order valence-corrected chi connectivity index (χ2v) is 8.86. The fraction of sp³-hybridized carbons (Fsp3) is 0.565. The first kappa shape index (κ1) is 20.1. The van der Waals surface area contributed by atoms with Crippen molar-refractivity contribution in [3.63, 3.8) is 0 Å². The lowest BCUT2D eigenvalue weighted by Crippen LogP contribution is -2.55. The molecule has 0 N–H and O–H groups in total. The molecule has 2 fully saturated rings. The summed E-state index contributed by atoms with van der Waals surface area (Å²) < 4.78 is 11.5. The molecule has 2 aliphatic heterocycles. The Morgan fingerprint density at radius 3 is 2.69 bits per heavy atom. The molecule has 0 atom stereocenters. The van der Waals surface area contributed by atoms with E-state index in [9.17, 15) is 4.79 Å². The number of benzene rings is 1. The summed E-state index contributed by atoms with van der Waals surface area (Å²) in [5.41, 5.74) is 2.41. The molecule has 1 aromatic carbocycles. The number of carbonyl (C=O) groups is 1. The number of amides is 1. The molecule has 0 unspecified atom stereocenters. The van der Waals surface area contributed by atoms with Crippen LogP contribution in [-0.4, -0.2) is 59.1 Å². The van der Waals surface area contributed by atoms with E-state index in [1.807, 2.05) is 18.7 Å². The summed E-state index contributed by atoms with van der Waals surface area (Å²) in [5.74, 6) is 1.24. The monoisotopic (exact) mass is 397 g/mol. The Bertz CT molecular complexity index is 853. The van der Waals surface area contributed by atoms with Crippen molar-refractivity contribution in [2.24, 2.45) is 0 Å². The number of carbonyl (C=O) groups excluding carboxylic acids is 1. The quantitative estimate of drug-likeness (QED) is 0.789. The van der Waals surface area contributed by atoms with Crippen molar-refractivity contribution in [2.45, 2.75) is 51.6 Å². The zero-order valence-corrected chi connectivity index (χ0v) is 17.7. The van der Waals surface area contributed by atoms with Crippen molar-refractivity contribution in [3.05, 3.63) is 53.2 Å². The molecule has 6 heteroatoms. The van der Waals surface area contributed by atoms with Crippen LogP contribution < -0.4 is 0 Å². The van der Waals surface area contributed by atoms with Crippen molar-refractivity contribution in [1.29, 1.82) is 0 Å². The van der Waals surface area contributed by atoms with E-state index in [-0.39, 0.29) is 17.4 Å². The van der Waals surface area contributed by atoms with Gasteiger partial charge in [-0.3, -0.25) is 9.69 Å². The maximum atomic E-state index is 12.9. The minimum absolute atomic E-state index is 0.0889. The Morgan fingerprint density at radius 1 is 1.21 bits per heavy atom. The number of hydrogen-bond acceptors (Lipinski definition) is 5. The van der Waals surface area contributed by atoms with Gasteiger partial charge in [0.05, 0.1) is 24.9 Å². The smallest absolute Gasteiger partial charge is 0.291 e. The number of oxazole rings is 1. The molecule has 29 heavy (non-hydrogen) atoms. The molecule has 156 valence electrons. The van der Waals surface area contributed by atoms with Gasteiger partial charge < -0.3 is 14.1 Å². The zero-order chi connectivity index (χ0) is 20.4. The average Bonchev–Trinajstić information content (AvgIpc) is 3.20. The molecular formula is C23H31N3O3. The van der Waals surface area contributed by atoms with E-state index >= 15 is 0 Å². The van der Waals surface area contributed by atoms with Crippen LogP contribution in [-0.2, 0) is 11.3 Å². The molecule has 0 radical (unpaired) electrons. The minimum atomic E-state index is -0.330. The third kappa shape index (κ3) is 4.38. The van der Waals surface area contributed by atoms with Gasteiger partial charge in [0, 0.05) is 19.0 Å². The number of nitrogens with zero attached hydrogens (tertiary/aromatic N) is 3. The van der Waals surface area contributed by atoms with Crippen molar-refractivity contribution >= 4 is 5.91 Å². The van der Waals surface area contributed by atoms with E-state index in [0.717, 1.165) is 32.5 Å². The number of likely N-dealkylation sites (tertiary alicyclic amines) is 1. The van der Waals surface area contributed by atoms with E-state index < -0.39 is 0 Å². The van der Waals surface area contributed by atoms with Gasteiger partial charge in [-0.1, -0.05) is 24.3 Å². The van der Waals surface area contributed by atoms with Gasteiger partial charge in [0.15, 0.2) is 5.89 Å². The summed E-state index contributed by atoms with van der Waals surface area (Å²) >= 11 is 0. The van der Waals surface area contributed by atoms with Crippen molar-refractivity contribution in [3.8, 4) is 0 Å². The summed E-state index contributed by atoms with van der Waals surface area (Å²) in [6.07, 6.45) is 3.61. The van der Waals surface area contributed by atoms with Gasteiger partial charge in [0.1, 0.15) is 0 Å². The molecule has 2 aliphatic rings. The SMILES string of the molecule is Cc1ccccc1CN1CCC(c2ncc(C(=O)N3CCOCC3(C)C)o2)CC1.